The Labute approximate surface area is 143 Å². The molecule has 0 saturated heterocycles. The van der Waals surface area contributed by atoms with Gasteiger partial charge in [0.15, 0.2) is 0 Å². The number of hydrogen-bond acceptors (Lipinski definition) is 5. The fraction of sp³-hybridized carbons (Fsp3) is 0.368. The lowest BCUT2D eigenvalue weighted by atomic mass is 10.2. The van der Waals surface area contributed by atoms with E-state index in [2.05, 4.69) is 17.0 Å². The first-order chi connectivity index (χ1) is 11.7. The topological polar surface area (TPSA) is 67.2 Å². The number of benzene rings is 2. The van der Waals surface area contributed by atoms with Gasteiger partial charge in [-0.2, -0.15) is 0 Å². The molecule has 5 heteroatoms. The van der Waals surface area contributed by atoms with Crippen molar-refractivity contribution in [3.05, 3.63) is 54.1 Å². The van der Waals surface area contributed by atoms with Crippen molar-refractivity contribution in [2.75, 3.05) is 49.3 Å². The van der Waals surface area contributed by atoms with Crippen LogP contribution in [0.3, 0.4) is 0 Å². The lowest BCUT2D eigenvalue weighted by Crippen LogP contribution is -2.29. The molecule has 0 heterocycles. The minimum atomic E-state index is 0.0434. The van der Waals surface area contributed by atoms with E-state index in [0.717, 1.165) is 17.1 Å². The maximum atomic E-state index is 9.39. The number of nitrogens with zero attached hydrogens (tertiary/aromatic N) is 2. The highest BCUT2D eigenvalue weighted by molar-refractivity contribution is 5.66. The van der Waals surface area contributed by atoms with Gasteiger partial charge in [0.2, 0.25) is 0 Å². The molecule has 0 amide bonds. The summed E-state index contributed by atoms with van der Waals surface area (Å²) in [5.41, 5.74) is 4.17. The Morgan fingerprint density at radius 2 is 1.04 bits per heavy atom. The first-order valence-corrected chi connectivity index (χ1v) is 8.21. The van der Waals surface area contributed by atoms with E-state index in [4.69, 9.17) is 10.2 Å². The van der Waals surface area contributed by atoms with Crippen LogP contribution in [0.2, 0.25) is 0 Å². The monoisotopic (exact) mass is 330 g/mol. The number of aliphatic hydroxyl groups excluding tert-OH is 3. The highest BCUT2D eigenvalue weighted by atomic mass is 16.3. The summed E-state index contributed by atoms with van der Waals surface area (Å²) in [4.78, 5) is 4.00. The largest absolute Gasteiger partial charge is 0.395 e. The average molecular weight is 330 g/mol. The van der Waals surface area contributed by atoms with E-state index in [0.29, 0.717) is 19.6 Å². The van der Waals surface area contributed by atoms with Crippen molar-refractivity contribution in [2.24, 2.45) is 0 Å². The van der Waals surface area contributed by atoms with Crippen LogP contribution in [-0.2, 0) is 0 Å². The molecule has 0 atom stereocenters. The van der Waals surface area contributed by atoms with Crippen LogP contribution in [0, 0.1) is 6.92 Å². The first-order valence-electron chi connectivity index (χ1n) is 8.21. The fourth-order valence-corrected chi connectivity index (χ4v) is 2.69. The molecular weight excluding hydrogens is 304 g/mol. The molecule has 0 aliphatic rings. The Bertz CT molecular complexity index is 593. The summed E-state index contributed by atoms with van der Waals surface area (Å²) in [6, 6.07) is 16.1. The van der Waals surface area contributed by atoms with Crippen LogP contribution in [0.15, 0.2) is 48.5 Å². The predicted molar refractivity (Wildman–Crippen MR) is 98.1 cm³/mol. The predicted octanol–water partition coefficient (Wildman–Crippen LogP) is 1.92. The van der Waals surface area contributed by atoms with Crippen LogP contribution in [-0.4, -0.2) is 54.8 Å². The van der Waals surface area contributed by atoms with Gasteiger partial charge in [-0.05, 0) is 43.3 Å². The zero-order valence-electron chi connectivity index (χ0n) is 14.1. The summed E-state index contributed by atoms with van der Waals surface area (Å²) in [7, 11) is 0. The van der Waals surface area contributed by atoms with Crippen LogP contribution in [0.5, 0.6) is 0 Å². The van der Waals surface area contributed by atoms with Gasteiger partial charge in [-0.1, -0.05) is 17.7 Å². The van der Waals surface area contributed by atoms with Crippen molar-refractivity contribution in [1.29, 1.82) is 0 Å². The summed E-state index contributed by atoms with van der Waals surface area (Å²) in [6.45, 7) is 3.68. The lowest BCUT2D eigenvalue weighted by molar-refractivity contribution is 0.281. The molecule has 0 saturated carbocycles. The molecule has 0 fully saturated rings. The van der Waals surface area contributed by atoms with Gasteiger partial charge in [0.05, 0.1) is 19.8 Å². The van der Waals surface area contributed by atoms with Crippen LogP contribution >= 0.6 is 0 Å². The highest BCUT2D eigenvalue weighted by Gasteiger charge is 2.10. The van der Waals surface area contributed by atoms with E-state index in [1.807, 2.05) is 48.2 Å². The number of aryl methyl sites for hydroxylation is 1. The van der Waals surface area contributed by atoms with Crippen LogP contribution < -0.4 is 9.80 Å². The quantitative estimate of drug-likeness (QED) is 0.655. The SMILES string of the molecule is Cc1ccc(N(CCO)c2ccc(N(CCO)CCO)cc2)cc1. The second-order valence-corrected chi connectivity index (χ2v) is 5.66. The van der Waals surface area contributed by atoms with E-state index < -0.39 is 0 Å². The Hall–Kier alpha value is -2.08. The second kappa shape index (κ2) is 9.27. The molecule has 2 rings (SSSR count). The van der Waals surface area contributed by atoms with Gasteiger partial charge in [0.25, 0.3) is 0 Å². The van der Waals surface area contributed by atoms with E-state index in [9.17, 15) is 5.11 Å². The molecule has 2 aromatic carbocycles. The molecule has 0 aliphatic heterocycles. The van der Waals surface area contributed by atoms with Gasteiger partial charge < -0.3 is 25.1 Å². The Morgan fingerprint density at radius 1 is 0.625 bits per heavy atom. The van der Waals surface area contributed by atoms with E-state index in [1.165, 1.54) is 5.56 Å². The van der Waals surface area contributed by atoms with Crippen molar-refractivity contribution < 1.29 is 15.3 Å². The summed E-state index contributed by atoms with van der Waals surface area (Å²) >= 11 is 0. The van der Waals surface area contributed by atoms with E-state index in [-0.39, 0.29) is 19.8 Å². The molecule has 0 aromatic heterocycles. The molecule has 0 unspecified atom stereocenters. The Kier molecular flexibility index (Phi) is 7.06. The van der Waals surface area contributed by atoms with Gasteiger partial charge in [-0.15, -0.1) is 0 Å². The molecule has 0 radical (unpaired) electrons. The standard InChI is InChI=1S/C19H26N2O3/c1-16-2-4-18(5-3-16)21(12-15-24)19-8-6-17(7-9-19)20(10-13-22)11-14-23/h2-9,22-24H,10-15H2,1H3. The van der Waals surface area contributed by atoms with Gasteiger partial charge in [0, 0.05) is 36.7 Å². The minimum Gasteiger partial charge on any atom is -0.395 e. The van der Waals surface area contributed by atoms with Crippen LogP contribution in [0.25, 0.3) is 0 Å². The molecular formula is C19H26N2O3. The Balaban J connectivity index is 2.23. The minimum absolute atomic E-state index is 0.0434. The zero-order chi connectivity index (χ0) is 17.4. The van der Waals surface area contributed by atoms with Gasteiger partial charge in [0.1, 0.15) is 0 Å². The zero-order valence-corrected chi connectivity index (χ0v) is 14.1. The maximum Gasteiger partial charge on any atom is 0.0610 e. The summed E-state index contributed by atoms with van der Waals surface area (Å²) in [5.74, 6) is 0. The molecule has 130 valence electrons. The van der Waals surface area contributed by atoms with E-state index in [1.54, 1.807) is 0 Å². The van der Waals surface area contributed by atoms with Crippen LogP contribution in [0.1, 0.15) is 5.56 Å². The normalized spacial score (nSPS) is 10.7. The van der Waals surface area contributed by atoms with Crippen LogP contribution in [0.4, 0.5) is 17.1 Å². The molecule has 3 N–H and O–H groups in total. The maximum absolute atomic E-state index is 9.39. The lowest BCUT2D eigenvalue weighted by Gasteiger charge is -2.27. The van der Waals surface area contributed by atoms with Crippen molar-refractivity contribution >= 4 is 17.1 Å². The third-order valence-electron chi connectivity index (χ3n) is 3.94. The van der Waals surface area contributed by atoms with Crippen molar-refractivity contribution in [3.63, 3.8) is 0 Å². The van der Waals surface area contributed by atoms with Gasteiger partial charge in [-0.3, -0.25) is 0 Å². The Morgan fingerprint density at radius 3 is 1.50 bits per heavy atom. The number of anilines is 3. The summed E-state index contributed by atoms with van der Waals surface area (Å²) < 4.78 is 0. The third kappa shape index (κ3) is 4.71. The fourth-order valence-electron chi connectivity index (χ4n) is 2.69. The van der Waals surface area contributed by atoms with Crippen molar-refractivity contribution in [3.8, 4) is 0 Å². The number of hydrogen-bond donors (Lipinski definition) is 3. The second-order valence-electron chi connectivity index (χ2n) is 5.66. The number of aliphatic hydroxyl groups is 3. The molecule has 2 aromatic rings. The molecule has 24 heavy (non-hydrogen) atoms. The number of rotatable bonds is 9. The van der Waals surface area contributed by atoms with Gasteiger partial charge >= 0.3 is 0 Å². The molecule has 0 spiro atoms. The van der Waals surface area contributed by atoms with Gasteiger partial charge in [-0.25, -0.2) is 0 Å². The molecule has 0 aliphatic carbocycles. The molecule has 0 bridgehead atoms. The summed E-state index contributed by atoms with van der Waals surface area (Å²) in [6.07, 6.45) is 0. The highest BCUT2D eigenvalue weighted by Crippen LogP contribution is 2.27. The third-order valence-corrected chi connectivity index (χ3v) is 3.94. The first kappa shape index (κ1) is 18.3. The average Bonchev–Trinajstić information content (AvgIpc) is 2.61. The summed E-state index contributed by atoms with van der Waals surface area (Å²) in [5, 5.41) is 27.7. The van der Waals surface area contributed by atoms with E-state index >= 15 is 0 Å². The van der Waals surface area contributed by atoms with Crippen molar-refractivity contribution in [1.82, 2.24) is 0 Å². The smallest absolute Gasteiger partial charge is 0.0610 e. The van der Waals surface area contributed by atoms with Crippen molar-refractivity contribution in [2.45, 2.75) is 6.92 Å². The molecule has 5 nitrogen and oxygen atoms in total.